The number of benzene rings is 2. The van der Waals surface area contributed by atoms with Gasteiger partial charge < -0.3 is 4.74 Å². The molecule has 3 nitrogen and oxygen atoms in total. The number of para-hydroxylation sites is 1. The number of aromatic nitrogens is 1. The third-order valence-corrected chi connectivity index (χ3v) is 2.62. The summed E-state index contributed by atoms with van der Waals surface area (Å²) in [7, 11) is 0. The molecule has 3 aromatic rings. The van der Waals surface area contributed by atoms with Gasteiger partial charge in [0.2, 0.25) is 5.88 Å². The molecule has 1 radical (unpaired) electrons. The van der Waals surface area contributed by atoms with E-state index in [0.717, 1.165) is 10.9 Å². The van der Waals surface area contributed by atoms with Crippen LogP contribution in [0.2, 0.25) is 0 Å². The molecule has 0 saturated carbocycles. The average molecular weight is 236 g/mol. The molecule has 0 aliphatic carbocycles. The second kappa shape index (κ2) is 4.37. The summed E-state index contributed by atoms with van der Waals surface area (Å²) in [5.41, 5.74) is 0.885. The van der Waals surface area contributed by atoms with Crippen molar-refractivity contribution in [1.82, 2.24) is 4.98 Å². The third kappa shape index (κ3) is 2.11. The number of hydrogen-bond donors (Lipinski definition) is 0. The van der Waals surface area contributed by atoms with Crippen LogP contribution in [0.25, 0.3) is 10.9 Å². The minimum absolute atomic E-state index is 0.0335. The maximum atomic E-state index is 11.0. The number of fused-ring (bicyclic) bond motifs is 1. The van der Waals surface area contributed by atoms with E-state index in [1.165, 1.54) is 12.1 Å². The molecule has 0 unspecified atom stereocenters. The molecule has 0 bridgehead atoms. The van der Waals surface area contributed by atoms with Crippen molar-refractivity contribution in [2.75, 3.05) is 0 Å². The number of rotatable bonds is 2. The van der Waals surface area contributed by atoms with Crippen molar-refractivity contribution < 1.29 is 9.84 Å². The Morgan fingerprint density at radius 1 is 0.833 bits per heavy atom. The lowest BCUT2D eigenvalue weighted by molar-refractivity contribution is 0.353. The molecule has 2 aromatic carbocycles. The van der Waals surface area contributed by atoms with Gasteiger partial charge in [-0.05, 0) is 36.4 Å². The molecule has 0 atom stereocenters. The largest absolute Gasteiger partial charge is 0.439 e. The van der Waals surface area contributed by atoms with Gasteiger partial charge in [-0.2, -0.15) is 0 Å². The highest BCUT2D eigenvalue weighted by atomic mass is 16.5. The Balaban J connectivity index is 1.92. The normalized spacial score (nSPS) is 10.4. The van der Waals surface area contributed by atoms with Gasteiger partial charge in [0.05, 0.1) is 5.52 Å². The zero-order chi connectivity index (χ0) is 12.4. The summed E-state index contributed by atoms with van der Waals surface area (Å²) in [6, 6.07) is 17.8. The molecule has 18 heavy (non-hydrogen) atoms. The predicted octanol–water partition coefficient (Wildman–Crippen LogP) is 4.17. The van der Waals surface area contributed by atoms with Crippen molar-refractivity contribution in [2.45, 2.75) is 0 Å². The second-order valence-corrected chi connectivity index (χ2v) is 3.92. The van der Waals surface area contributed by atoms with Gasteiger partial charge in [0.15, 0.2) is 5.75 Å². The molecule has 0 aliphatic rings. The molecular formula is C15H10NO2. The standard InChI is InChI=1S/C15H10NO2/c17-12-6-8-13(9-7-12)18-15-10-5-11-3-1-2-4-14(11)16-15/h1-10H. The monoisotopic (exact) mass is 236 g/mol. The lowest BCUT2D eigenvalue weighted by atomic mass is 10.2. The van der Waals surface area contributed by atoms with E-state index in [9.17, 15) is 5.11 Å². The van der Waals surface area contributed by atoms with Gasteiger partial charge in [-0.15, -0.1) is 0 Å². The van der Waals surface area contributed by atoms with Crippen molar-refractivity contribution in [3.8, 4) is 17.4 Å². The van der Waals surface area contributed by atoms with Crippen LogP contribution >= 0.6 is 0 Å². The SMILES string of the molecule is [O]c1ccc(Oc2ccc3ccccc3n2)cc1. The highest BCUT2D eigenvalue weighted by molar-refractivity contribution is 5.78. The lowest BCUT2D eigenvalue weighted by Gasteiger charge is -2.05. The van der Waals surface area contributed by atoms with Crippen molar-refractivity contribution >= 4 is 10.9 Å². The van der Waals surface area contributed by atoms with Gasteiger partial charge in [-0.25, -0.2) is 4.98 Å². The Morgan fingerprint density at radius 2 is 1.61 bits per heavy atom. The second-order valence-electron chi connectivity index (χ2n) is 3.92. The number of pyridine rings is 1. The molecule has 1 heterocycles. The lowest BCUT2D eigenvalue weighted by Crippen LogP contribution is -1.87. The summed E-state index contributed by atoms with van der Waals surface area (Å²) >= 11 is 0. The molecule has 0 aliphatic heterocycles. The predicted molar refractivity (Wildman–Crippen MR) is 68.4 cm³/mol. The molecule has 1 aromatic heterocycles. The maximum Gasteiger partial charge on any atom is 0.219 e. The molecule has 0 N–H and O–H groups in total. The zero-order valence-corrected chi connectivity index (χ0v) is 9.54. The quantitative estimate of drug-likeness (QED) is 0.670. The van der Waals surface area contributed by atoms with Gasteiger partial charge >= 0.3 is 0 Å². The van der Waals surface area contributed by atoms with E-state index in [4.69, 9.17) is 4.74 Å². The molecule has 3 heteroatoms. The fourth-order valence-corrected chi connectivity index (χ4v) is 1.73. The first-order chi connectivity index (χ1) is 8.81. The maximum absolute atomic E-state index is 11.0. The molecule has 0 spiro atoms. The summed E-state index contributed by atoms with van der Waals surface area (Å²) < 4.78 is 5.59. The Bertz CT molecular complexity index is 677. The Morgan fingerprint density at radius 3 is 2.44 bits per heavy atom. The number of ether oxygens (including phenoxy) is 1. The van der Waals surface area contributed by atoms with Crippen LogP contribution in [0.15, 0.2) is 60.7 Å². The molecule has 0 amide bonds. The molecule has 87 valence electrons. The van der Waals surface area contributed by atoms with E-state index >= 15 is 0 Å². The van der Waals surface area contributed by atoms with Crippen molar-refractivity contribution in [2.24, 2.45) is 0 Å². The van der Waals surface area contributed by atoms with E-state index in [0.29, 0.717) is 11.6 Å². The van der Waals surface area contributed by atoms with E-state index in [2.05, 4.69) is 4.98 Å². The Labute approximate surface area is 104 Å². The summed E-state index contributed by atoms with van der Waals surface area (Å²) in [5, 5.41) is 12.0. The van der Waals surface area contributed by atoms with E-state index in [1.54, 1.807) is 12.1 Å². The molecule has 3 rings (SSSR count). The fourth-order valence-electron chi connectivity index (χ4n) is 1.73. The van der Waals surface area contributed by atoms with Crippen LogP contribution in [0.1, 0.15) is 0 Å². The zero-order valence-electron chi connectivity index (χ0n) is 9.54. The fraction of sp³-hybridized carbons (Fsp3) is 0. The van der Waals surface area contributed by atoms with E-state index in [1.807, 2.05) is 36.4 Å². The van der Waals surface area contributed by atoms with Gasteiger partial charge in [-0.1, -0.05) is 18.2 Å². The third-order valence-electron chi connectivity index (χ3n) is 2.62. The van der Waals surface area contributed by atoms with Crippen LogP contribution in [0.5, 0.6) is 17.4 Å². The van der Waals surface area contributed by atoms with Gasteiger partial charge in [-0.3, -0.25) is 5.11 Å². The van der Waals surface area contributed by atoms with Gasteiger partial charge in [0.1, 0.15) is 5.75 Å². The first-order valence-corrected chi connectivity index (χ1v) is 5.62. The topological polar surface area (TPSA) is 42.0 Å². The van der Waals surface area contributed by atoms with E-state index in [-0.39, 0.29) is 5.75 Å². The van der Waals surface area contributed by atoms with E-state index < -0.39 is 0 Å². The number of nitrogens with zero attached hydrogens (tertiary/aromatic N) is 1. The Hall–Kier alpha value is -2.55. The summed E-state index contributed by atoms with van der Waals surface area (Å²) in [5.74, 6) is 1.10. The summed E-state index contributed by atoms with van der Waals surface area (Å²) in [4.78, 5) is 4.39. The van der Waals surface area contributed by atoms with Gasteiger partial charge in [0, 0.05) is 11.5 Å². The van der Waals surface area contributed by atoms with Crippen LogP contribution in [0, 0.1) is 0 Å². The minimum Gasteiger partial charge on any atom is -0.439 e. The number of hydrogen-bond acceptors (Lipinski definition) is 2. The molecule has 0 fully saturated rings. The first kappa shape index (κ1) is 10.6. The van der Waals surface area contributed by atoms with Crippen LogP contribution in [0.4, 0.5) is 0 Å². The van der Waals surface area contributed by atoms with Crippen LogP contribution in [-0.2, 0) is 5.11 Å². The van der Waals surface area contributed by atoms with Crippen LogP contribution in [-0.4, -0.2) is 4.98 Å². The average Bonchev–Trinajstić information content (AvgIpc) is 2.41. The highest BCUT2D eigenvalue weighted by Gasteiger charge is 2.01. The minimum atomic E-state index is -0.0335. The Kier molecular flexibility index (Phi) is 2.57. The van der Waals surface area contributed by atoms with Crippen molar-refractivity contribution in [3.05, 3.63) is 60.7 Å². The molecular weight excluding hydrogens is 226 g/mol. The first-order valence-electron chi connectivity index (χ1n) is 5.62. The highest BCUT2D eigenvalue weighted by Crippen LogP contribution is 2.23. The molecule has 0 saturated heterocycles. The summed E-state index contributed by atoms with van der Waals surface area (Å²) in [6.07, 6.45) is 0. The van der Waals surface area contributed by atoms with Crippen LogP contribution < -0.4 is 4.74 Å². The summed E-state index contributed by atoms with van der Waals surface area (Å²) in [6.45, 7) is 0. The van der Waals surface area contributed by atoms with Crippen molar-refractivity contribution in [3.63, 3.8) is 0 Å². The van der Waals surface area contributed by atoms with Crippen molar-refractivity contribution in [1.29, 1.82) is 0 Å². The van der Waals surface area contributed by atoms with Crippen LogP contribution in [0.3, 0.4) is 0 Å². The smallest absolute Gasteiger partial charge is 0.219 e. The van der Waals surface area contributed by atoms with Gasteiger partial charge in [0.25, 0.3) is 0 Å².